The number of hydrogen-bond acceptors (Lipinski definition) is 6. The van der Waals surface area contributed by atoms with E-state index in [1.807, 2.05) is 24.1 Å². The number of nitrogen functional groups attached to an aromatic ring is 1. The average molecular weight is 451 g/mol. The summed E-state index contributed by atoms with van der Waals surface area (Å²) in [6.45, 7) is 0.378. The number of hydrogen-bond donors (Lipinski definition) is 4. The third kappa shape index (κ3) is 4.88. The lowest BCUT2D eigenvalue weighted by Crippen LogP contribution is -2.31. The Morgan fingerprint density at radius 1 is 1.27 bits per heavy atom. The minimum atomic E-state index is -0.699. The maximum Gasteiger partial charge on any atom is 0.254 e. The van der Waals surface area contributed by atoms with E-state index < -0.39 is 24.0 Å². The SMILES string of the molecule is CN1CC(c2cnc(N)c(-c3ccc(C(=O)N[C@H](CO)c4ccccc4)c(F)c3)c2)CC1O. The van der Waals surface area contributed by atoms with Gasteiger partial charge in [-0.05, 0) is 48.4 Å². The highest BCUT2D eigenvalue weighted by Crippen LogP contribution is 2.34. The van der Waals surface area contributed by atoms with Crippen LogP contribution in [0.15, 0.2) is 60.8 Å². The summed E-state index contributed by atoms with van der Waals surface area (Å²) in [5.74, 6) is -0.966. The Morgan fingerprint density at radius 2 is 2.03 bits per heavy atom. The fourth-order valence-corrected chi connectivity index (χ4v) is 4.19. The van der Waals surface area contributed by atoms with Crippen LogP contribution in [-0.4, -0.2) is 52.4 Å². The van der Waals surface area contributed by atoms with Gasteiger partial charge in [-0.2, -0.15) is 0 Å². The number of likely N-dealkylation sites (tertiary alicyclic amines) is 1. The molecule has 1 aromatic heterocycles. The summed E-state index contributed by atoms with van der Waals surface area (Å²) in [5, 5.41) is 22.4. The molecule has 2 unspecified atom stereocenters. The molecule has 1 aliphatic heterocycles. The Kier molecular flexibility index (Phi) is 6.69. The predicted octanol–water partition coefficient (Wildman–Crippen LogP) is 2.67. The molecule has 3 aromatic rings. The zero-order chi connectivity index (χ0) is 23.5. The van der Waals surface area contributed by atoms with Crippen LogP contribution in [0.3, 0.4) is 0 Å². The van der Waals surface area contributed by atoms with E-state index in [-0.39, 0.29) is 23.9 Å². The van der Waals surface area contributed by atoms with E-state index in [4.69, 9.17) is 5.73 Å². The molecule has 8 heteroatoms. The molecule has 7 nitrogen and oxygen atoms in total. The van der Waals surface area contributed by atoms with Gasteiger partial charge in [0.05, 0.1) is 18.2 Å². The smallest absolute Gasteiger partial charge is 0.254 e. The number of aromatic nitrogens is 1. The minimum Gasteiger partial charge on any atom is -0.394 e. The van der Waals surface area contributed by atoms with Crippen molar-refractivity contribution < 1.29 is 19.4 Å². The number of aliphatic hydroxyl groups excluding tert-OH is 2. The predicted molar refractivity (Wildman–Crippen MR) is 124 cm³/mol. The number of anilines is 1. The van der Waals surface area contributed by atoms with Gasteiger partial charge < -0.3 is 21.3 Å². The van der Waals surface area contributed by atoms with E-state index in [1.165, 1.54) is 12.1 Å². The van der Waals surface area contributed by atoms with E-state index in [9.17, 15) is 19.4 Å². The molecule has 1 amide bonds. The monoisotopic (exact) mass is 450 g/mol. The molecule has 3 atom stereocenters. The number of nitrogens with one attached hydrogen (secondary N) is 1. The molecule has 0 bridgehead atoms. The summed E-state index contributed by atoms with van der Waals surface area (Å²) in [6.07, 6.45) is 1.76. The Balaban J connectivity index is 1.56. The lowest BCUT2D eigenvalue weighted by Gasteiger charge is -2.17. The van der Waals surface area contributed by atoms with E-state index >= 15 is 0 Å². The van der Waals surface area contributed by atoms with Crippen molar-refractivity contribution in [3.05, 3.63) is 83.3 Å². The van der Waals surface area contributed by atoms with E-state index in [2.05, 4.69) is 10.3 Å². The van der Waals surface area contributed by atoms with E-state index in [0.717, 1.165) is 11.1 Å². The molecule has 0 aliphatic carbocycles. The molecular weight excluding hydrogens is 423 g/mol. The third-order valence-corrected chi connectivity index (χ3v) is 6.14. The van der Waals surface area contributed by atoms with Crippen molar-refractivity contribution in [2.75, 3.05) is 25.9 Å². The molecule has 0 spiro atoms. The summed E-state index contributed by atoms with van der Waals surface area (Å²) < 4.78 is 15.0. The zero-order valence-electron chi connectivity index (χ0n) is 18.3. The maximum absolute atomic E-state index is 15.0. The van der Waals surface area contributed by atoms with Crippen LogP contribution in [0.2, 0.25) is 0 Å². The number of rotatable bonds is 6. The second-order valence-electron chi connectivity index (χ2n) is 8.37. The van der Waals surface area contributed by atoms with Gasteiger partial charge in [0.2, 0.25) is 0 Å². The van der Waals surface area contributed by atoms with Gasteiger partial charge in [-0.15, -0.1) is 0 Å². The quantitative estimate of drug-likeness (QED) is 0.460. The molecule has 2 aromatic carbocycles. The van der Waals surface area contributed by atoms with Gasteiger partial charge in [0.15, 0.2) is 0 Å². The van der Waals surface area contributed by atoms with Crippen molar-refractivity contribution in [1.82, 2.24) is 15.2 Å². The Labute approximate surface area is 191 Å². The highest BCUT2D eigenvalue weighted by atomic mass is 19.1. The molecule has 1 saturated heterocycles. The number of halogens is 1. The van der Waals surface area contributed by atoms with Crippen molar-refractivity contribution in [3.63, 3.8) is 0 Å². The maximum atomic E-state index is 15.0. The zero-order valence-corrected chi connectivity index (χ0v) is 18.3. The first-order valence-electron chi connectivity index (χ1n) is 10.8. The van der Waals surface area contributed by atoms with Crippen LogP contribution in [0, 0.1) is 5.82 Å². The lowest BCUT2D eigenvalue weighted by atomic mass is 9.95. The van der Waals surface area contributed by atoms with Gasteiger partial charge in [0.1, 0.15) is 17.9 Å². The summed E-state index contributed by atoms with van der Waals surface area (Å²) in [6, 6.07) is 14.5. The normalized spacial score (nSPS) is 19.4. The fraction of sp³-hybridized carbons (Fsp3) is 0.280. The van der Waals surface area contributed by atoms with E-state index in [0.29, 0.717) is 24.1 Å². The molecule has 0 radical (unpaired) electrons. The van der Waals surface area contributed by atoms with Crippen LogP contribution >= 0.6 is 0 Å². The molecule has 172 valence electrons. The van der Waals surface area contributed by atoms with Gasteiger partial charge in [0, 0.05) is 24.2 Å². The number of carbonyl (C=O) groups is 1. The third-order valence-electron chi connectivity index (χ3n) is 6.14. The van der Waals surface area contributed by atoms with Crippen LogP contribution in [0.5, 0.6) is 0 Å². The number of nitrogens with zero attached hydrogens (tertiary/aromatic N) is 2. The van der Waals surface area contributed by atoms with Crippen LogP contribution in [0.4, 0.5) is 10.2 Å². The van der Waals surface area contributed by atoms with Gasteiger partial charge in [-0.3, -0.25) is 9.69 Å². The Bertz CT molecular complexity index is 1130. The van der Waals surface area contributed by atoms with Crippen molar-refractivity contribution in [1.29, 1.82) is 0 Å². The first kappa shape index (κ1) is 22.8. The van der Waals surface area contributed by atoms with Crippen LogP contribution in [0.1, 0.15) is 39.9 Å². The second-order valence-corrected chi connectivity index (χ2v) is 8.37. The number of amides is 1. The summed E-state index contributed by atoms with van der Waals surface area (Å²) in [5.41, 5.74) is 8.66. The minimum absolute atomic E-state index is 0.0974. The molecule has 4 rings (SSSR count). The number of pyridine rings is 1. The van der Waals surface area contributed by atoms with Crippen molar-refractivity contribution >= 4 is 11.7 Å². The Hall–Kier alpha value is -3.33. The first-order valence-corrected chi connectivity index (χ1v) is 10.8. The largest absolute Gasteiger partial charge is 0.394 e. The van der Waals surface area contributed by atoms with Crippen LogP contribution in [0.25, 0.3) is 11.1 Å². The molecule has 33 heavy (non-hydrogen) atoms. The Morgan fingerprint density at radius 3 is 2.67 bits per heavy atom. The van der Waals surface area contributed by atoms with Crippen molar-refractivity contribution in [3.8, 4) is 11.1 Å². The summed E-state index contributed by atoms with van der Waals surface area (Å²) >= 11 is 0. The molecule has 1 aliphatic rings. The number of likely N-dealkylation sites (N-methyl/N-ethyl adjacent to an activating group) is 1. The molecule has 1 fully saturated rings. The highest BCUT2D eigenvalue weighted by molar-refractivity contribution is 5.95. The topological polar surface area (TPSA) is 112 Å². The van der Waals surface area contributed by atoms with Crippen LogP contribution < -0.4 is 11.1 Å². The van der Waals surface area contributed by atoms with Gasteiger partial charge >= 0.3 is 0 Å². The summed E-state index contributed by atoms with van der Waals surface area (Å²) in [4.78, 5) is 18.8. The highest BCUT2D eigenvalue weighted by Gasteiger charge is 2.29. The molecule has 0 saturated carbocycles. The fourth-order valence-electron chi connectivity index (χ4n) is 4.19. The first-order chi connectivity index (χ1) is 15.9. The van der Waals surface area contributed by atoms with Crippen molar-refractivity contribution in [2.24, 2.45) is 0 Å². The molecule has 5 N–H and O–H groups in total. The van der Waals surface area contributed by atoms with Gasteiger partial charge in [-0.1, -0.05) is 36.4 Å². The van der Waals surface area contributed by atoms with Gasteiger partial charge in [0.25, 0.3) is 5.91 Å². The number of nitrogens with two attached hydrogens (primary N) is 1. The lowest BCUT2D eigenvalue weighted by molar-refractivity contribution is 0.0573. The number of benzene rings is 2. The standard InChI is InChI=1S/C25H27FN4O3/c1-30-13-18(11-23(30)32)17-9-20(24(27)28-12-17)16-7-8-19(21(26)10-16)25(33)29-22(14-31)15-5-3-2-4-6-15/h2-10,12,18,22-23,31-32H,11,13-14H2,1H3,(H2,27,28)(H,29,33)/t18?,22-,23?/m1/s1. The average Bonchev–Trinajstić information content (AvgIpc) is 3.16. The number of aliphatic hydroxyl groups is 2. The molecular formula is C25H27FN4O3. The summed E-state index contributed by atoms with van der Waals surface area (Å²) in [7, 11) is 1.86. The number of carbonyl (C=O) groups excluding carboxylic acids is 1. The van der Waals surface area contributed by atoms with E-state index in [1.54, 1.807) is 36.5 Å². The van der Waals surface area contributed by atoms with Gasteiger partial charge in [-0.25, -0.2) is 9.37 Å². The second kappa shape index (κ2) is 9.66. The van der Waals surface area contributed by atoms with Crippen LogP contribution in [-0.2, 0) is 0 Å². The molecule has 2 heterocycles. The van der Waals surface area contributed by atoms with Crippen molar-refractivity contribution in [2.45, 2.75) is 24.6 Å².